The van der Waals surface area contributed by atoms with Crippen LogP contribution in [0.2, 0.25) is 0 Å². The molecule has 6 heteroatoms. The lowest BCUT2D eigenvalue weighted by Gasteiger charge is -2.04. The quantitative estimate of drug-likeness (QED) is 0.835. The Morgan fingerprint density at radius 2 is 2.00 bits per heavy atom. The molecule has 0 fully saturated rings. The molecule has 15 heavy (non-hydrogen) atoms. The number of nitrogens with two attached hydrogens (primary N) is 1. The van der Waals surface area contributed by atoms with E-state index in [-0.39, 0.29) is 5.56 Å². The van der Waals surface area contributed by atoms with Gasteiger partial charge in [-0.1, -0.05) is 0 Å². The minimum Gasteiger partial charge on any atom is -0.396 e. The summed E-state index contributed by atoms with van der Waals surface area (Å²) in [5, 5.41) is 3.93. The van der Waals surface area contributed by atoms with Gasteiger partial charge in [0.15, 0.2) is 0 Å². The average Bonchev–Trinajstić information content (AvgIpc) is 2.27. The molecule has 0 saturated heterocycles. The topological polar surface area (TPSA) is 73.8 Å². The molecular weight excluding hydrogens is 260 g/mol. The van der Waals surface area contributed by atoms with E-state index in [0.29, 0.717) is 15.8 Å². The SMILES string of the molecule is Nc1cnn(-c2ccncc2)c(=O)c1Br. The highest BCUT2D eigenvalue weighted by Gasteiger charge is 2.06. The molecule has 0 unspecified atom stereocenters. The van der Waals surface area contributed by atoms with Gasteiger partial charge < -0.3 is 5.73 Å². The molecule has 0 radical (unpaired) electrons. The normalized spacial score (nSPS) is 10.2. The number of pyridine rings is 1. The van der Waals surface area contributed by atoms with Gasteiger partial charge in [0.05, 0.1) is 17.6 Å². The van der Waals surface area contributed by atoms with Crippen LogP contribution in [0.15, 0.2) is 40.0 Å². The van der Waals surface area contributed by atoms with Crippen LogP contribution in [-0.4, -0.2) is 14.8 Å². The Morgan fingerprint density at radius 1 is 1.33 bits per heavy atom. The van der Waals surface area contributed by atoms with Gasteiger partial charge in [-0.05, 0) is 28.1 Å². The number of nitrogen functional groups attached to an aromatic ring is 1. The Kier molecular flexibility index (Phi) is 2.51. The van der Waals surface area contributed by atoms with E-state index in [0.717, 1.165) is 0 Å². The zero-order valence-electron chi connectivity index (χ0n) is 7.59. The molecular formula is C9H7BrN4O. The van der Waals surface area contributed by atoms with E-state index in [2.05, 4.69) is 26.0 Å². The van der Waals surface area contributed by atoms with Gasteiger partial charge in [-0.25, -0.2) is 0 Å². The van der Waals surface area contributed by atoms with Crippen LogP contribution in [0, 0.1) is 0 Å². The summed E-state index contributed by atoms with van der Waals surface area (Å²) >= 11 is 3.11. The smallest absolute Gasteiger partial charge is 0.287 e. The fraction of sp³-hybridized carbons (Fsp3) is 0. The van der Waals surface area contributed by atoms with Crippen molar-refractivity contribution in [2.45, 2.75) is 0 Å². The van der Waals surface area contributed by atoms with Crippen molar-refractivity contribution in [3.8, 4) is 5.69 Å². The van der Waals surface area contributed by atoms with Gasteiger partial charge in [0.1, 0.15) is 4.47 Å². The minimum atomic E-state index is -0.291. The lowest BCUT2D eigenvalue weighted by Crippen LogP contribution is -2.22. The summed E-state index contributed by atoms with van der Waals surface area (Å²) in [6.07, 6.45) is 4.60. The molecule has 2 rings (SSSR count). The summed E-state index contributed by atoms with van der Waals surface area (Å²) < 4.78 is 1.57. The third kappa shape index (κ3) is 1.75. The van der Waals surface area contributed by atoms with Crippen LogP contribution >= 0.6 is 15.9 Å². The highest BCUT2D eigenvalue weighted by atomic mass is 79.9. The third-order valence-corrected chi connectivity index (χ3v) is 2.65. The lowest BCUT2D eigenvalue weighted by atomic mass is 10.4. The van der Waals surface area contributed by atoms with E-state index in [4.69, 9.17) is 5.73 Å². The van der Waals surface area contributed by atoms with Gasteiger partial charge in [0, 0.05) is 12.4 Å². The molecule has 2 N–H and O–H groups in total. The number of aromatic nitrogens is 3. The van der Waals surface area contributed by atoms with E-state index < -0.39 is 0 Å². The van der Waals surface area contributed by atoms with Crippen LogP contribution < -0.4 is 11.3 Å². The summed E-state index contributed by atoms with van der Waals surface area (Å²) in [6.45, 7) is 0. The van der Waals surface area contributed by atoms with E-state index in [1.807, 2.05) is 0 Å². The summed E-state index contributed by atoms with van der Waals surface area (Å²) in [6, 6.07) is 3.38. The first kappa shape index (κ1) is 9.85. The molecule has 0 aromatic carbocycles. The molecule has 5 nitrogen and oxygen atoms in total. The minimum absolute atomic E-state index is 0.291. The van der Waals surface area contributed by atoms with Crippen LogP contribution in [-0.2, 0) is 0 Å². The summed E-state index contributed by atoms with van der Waals surface area (Å²) in [7, 11) is 0. The maximum absolute atomic E-state index is 11.7. The molecule has 2 heterocycles. The number of rotatable bonds is 1. The molecule has 2 aromatic rings. The van der Waals surface area contributed by atoms with Crippen LogP contribution in [0.25, 0.3) is 5.69 Å². The highest BCUT2D eigenvalue weighted by molar-refractivity contribution is 9.10. The second kappa shape index (κ2) is 3.82. The lowest BCUT2D eigenvalue weighted by molar-refractivity contribution is 0.801. The zero-order chi connectivity index (χ0) is 10.8. The van der Waals surface area contributed by atoms with Crippen LogP contribution in [0.1, 0.15) is 0 Å². The molecule has 0 saturated carbocycles. The standard InChI is InChI=1S/C9H7BrN4O/c10-8-7(11)5-13-14(9(8)15)6-1-3-12-4-2-6/h1-5H,11H2. The molecule has 0 atom stereocenters. The molecule has 76 valence electrons. The van der Waals surface area contributed by atoms with Crippen molar-refractivity contribution in [3.63, 3.8) is 0 Å². The van der Waals surface area contributed by atoms with Gasteiger partial charge in [-0.15, -0.1) is 0 Å². The number of nitrogens with zero attached hydrogens (tertiary/aromatic N) is 3. The van der Waals surface area contributed by atoms with Crippen molar-refractivity contribution >= 4 is 21.6 Å². The fourth-order valence-electron chi connectivity index (χ4n) is 1.11. The van der Waals surface area contributed by atoms with Gasteiger partial charge in [0.2, 0.25) is 0 Å². The number of hydrogen-bond acceptors (Lipinski definition) is 4. The fourth-order valence-corrected chi connectivity index (χ4v) is 1.39. The zero-order valence-corrected chi connectivity index (χ0v) is 9.18. The van der Waals surface area contributed by atoms with E-state index in [1.54, 1.807) is 24.5 Å². The van der Waals surface area contributed by atoms with Crippen LogP contribution in [0.5, 0.6) is 0 Å². The predicted molar refractivity (Wildman–Crippen MR) is 59.7 cm³/mol. The molecule has 0 aliphatic heterocycles. The number of anilines is 1. The van der Waals surface area contributed by atoms with Gasteiger partial charge in [-0.3, -0.25) is 9.78 Å². The summed E-state index contributed by atoms with van der Waals surface area (Å²) in [5.41, 5.74) is 6.22. The third-order valence-electron chi connectivity index (χ3n) is 1.85. The van der Waals surface area contributed by atoms with Gasteiger partial charge >= 0.3 is 0 Å². The molecule has 2 aromatic heterocycles. The van der Waals surface area contributed by atoms with E-state index in [9.17, 15) is 4.79 Å². The summed E-state index contributed by atoms with van der Waals surface area (Å²) in [5.74, 6) is 0. The maximum Gasteiger partial charge on any atom is 0.287 e. The second-order valence-electron chi connectivity index (χ2n) is 2.84. The van der Waals surface area contributed by atoms with Crippen LogP contribution in [0.4, 0.5) is 5.69 Å². The Hall–Kier alpha value is -1.69. The predicted octanol–water partition coefficient (Wildman–Crippen LogP) is 0.972. The monoisotopic (exact) mass is 266 g/mol. The largest absolute Gasteiger partial charge is 0.396 e. The second-order valence-corrected chi connectivity index (χ2v) is 3.63. The molecule has 0 aliphatic rings. The van der Waals surface area contributed by atoms with Crippen molar-refractivity contribution < 1.29 is 0 Å². The Bertz CT molecular complexity index is 538. The Morgan fingerprint density at radius 3 is 2.67 bits per heavy atom. The Labute approximate surface area is 93.7 Å². The first-order chi connectivity index (χ1) is 7.20. The van der Waals surface area contributed by atoms with Crippen LogP contribution in [0.3, 0.4) is 0 Å². The van der Waals surface area contributed by atoms with E-state index >= 15 is 0 Å². The first-order valence-corrected chi connectivity index (χ1v) is 4.93. The molecule has 0 aliphatic carbocycles. The maximum atomic E-state index is 11.7. The van der Waals surface area contributed by atoms with Crippen molar-refractivity contribution in [2.24, 2.45) is 0 Å². The molecule has 0 bridgehead atoms. The average molecular weight is 267 g/mol. The molecule has 0 amide bonds. The van der Waals surface area contributed by atoms with Crippen molar-refractivity contribution in [3.05, 3.63) is 45.5 Å². The van der Waals surface area contributed by atoms with Gasteiger partial charge in [-0.2, -0.15) is 9.78 Å². The van der Waals surface area contributed by atoms with Gasteiger partial charge in [0.25, 0.3) is 5.56 Å². The molecule has 0 spiro atoms. The summed E-state index contributed by atoms with van der Waals surface area (Å²) in [4.78, 5) is 15.6. The van der Waals surface area contributed by atoms with Crippen molar-refractivity contribution in [2.75, 3.05) is 5.73 Å². The first-order valence-electron chi connectivity index (χ1n) is 4.14. The number of hydrogen-bond donors (Lipinski definition) is 1. The van der Waals surface area contributed by atoms with Crippen molar-refractivity contribution in [1.29, 1.82) is 0 Å². The number of halogens is 1. The Balaban J connectivity index is 2.66. The van der Waals surface area contributed by atoms with E-state index in [1.165, 1.54) is 10.9 Å². The van der Waals surface area contributed by atoms with Crippen molar-refractivity contribution in [1.82, 2.24) is 14.8 Å². The highest BCUT2D eigenvalue weighted by Crippen LogP contribution is 2.12.